The van der Waals surface area contributed by atoms with Crippen molar-refractivity contribution in [2.24, 2.45) is 0 Å². The number of nitrogens with one attached hydrogen (secondary N) is 2. The summed E-state index contributed by atoms with van der Waals surface area (Å²) in [5.74, 6) is 0.000366. The molecule has 0 fully saturated rings. The third-order valence-corrected chi connectivity index (χ3v) is 2.20. The van der Waals surface area contributed by atoms with E-state index < -0.39 is 0 Å². The van der Waals surface area contributed by atoms with Crippen molar-refractivity contribution in [2.75, 3.05) is 12.3 Å². The Bertz CT molecular complexity index is 449. The molecule has 0 saturated carbocycles. The molecule has 0 aliphatic heterocycles. The molecule has 1 aromatic rings. The van der Waals surface area contributed by atoms with Gasteiger partial charge in [0.2, 0.25) is 5.91 Å². The maximum Gasteiger partial charge on any atom is 0.252 e. The molecule has 0 saturated heterocycles. The highest BCUT2D eigenvalue weighted by atomic mass is 16.2. The Morgan fingerprint density at radius 3 is 2.53 bits per heavy atom. The second kappa shape index (κ2) is 6.17. The Balaban J connectivity index is 2.35. The SMILES string of the molecule is CC(C)(C)NC(=O)CCNC(=O)c1ccc(N)nc1. The van der Waals surface area contributed by atoms with Crippen LogP contribution < -0.4 is 16.4 Å². The van der Waals surface area contributed by atoms with Gasteiger partial charge < -0.3 is 16.4 Å². The van der Waals surface area contributed by atoms with Crippen molar-refractivity contribution in [3.8, 4) is 0 Å². The van der Waals surface area contributed by atoms with Crippen molar-refractivity contribution >= 4 is 17.6 Å². The number of amides is 2. The summed E-state index contributed by atoms with van der Waals surface area (Å²) in [4.78, 5) is 27.1. The Morgan fingerprint density at radius 1 is 1.32 bits per heavy atom. The normalized spacial score (nSPS) is 10.9. The van der Waals surface area contributed by atoms with E-state index in [9.17, 15) is 9.59 Å². The van der Waals surface area contributed by atoms with Gasteiger partial charge >= 0.3 is 0 Å². The zero-order valence-electron chi connectivity index (χ0n) is 11.5. The van der Waals surface area contributed by atoms with Crippen LogP contribution in [0.5, 0.6) is 0 Å². The van der Waals surface area contributed by atoms with E-state index in [1.807, 2.05) is 20.8 Å². The first kappa shape index (κ1) is 14.9. The number of nitrogen functional groups attached to an aromatic ring is 1. The van der Waals surface area contributed by atoms with Gasteiger partial charge in [0.15, 0.2) is 0 Å². The van der Waals surface area contributed by atoms with Gasteiger partial charge in [-0.25, -0.2) is 4.98 Å². The summed E-state index contributed by atoms with van der Waals surface area (Å²) in [6.45, 7) is 6.00. The molecule has 0 aliphatic carbocycles. The maximum atomic E-state index is 11.7. The Hall–Kier alpha value is -2.11. The first-order valence-electron chi connectivity index (χ1n) is 6.09. The van der Waals surface area contributed by atoms with E-state index in [-0.39, 0.29) is 30.3 Å². The lowest BCUT2D eigenvalue weighted by molar-refractivity contribution is -0.122. The number of anilines is 1. The van der Waals surface area contributed by atoms with Crippen molar-refractivity contribution in [1.82, 2.24) is 15.6 Å². The summed E-state index contributed by atoms with van der Waals surface area (Å²) in [6, 6.07) is 3.15. The minimum Gasteiger partial charge on any atom is -0.384 e. The van der Waals surface area contributed by atoms with Crippen LogP contribution in [0.2, 0.25) is 0 Å². The summed E-state index contributed by atoms with van der Waals surface area (Å²) in [5, 5.41) is 5.48. The van der Waals surface area contributed by atoms with Gasteiger partial charge in [-0.1, -0.05) is 0 Å². The zero-order chi connectivity index (χ0) is 14.5. The molecule has 4 N–H and O–H groups in total. The fourth-order valence-corrected chi connectivity index (χ4v) is 1.41. The van der Waals surface area contributed by atoms with Gasteiger partial charge in [-0.3, -0.25) is 9.59 Å². The van der Waals surface area contributed by atoms with E-state index in [2.05, 4.69) is 15.6 Å². The van der Waals surface area contributed by atoms with Gasteiger partial charge in [0.05, 0.1) is 5.56 Å². The number of carbonyl (C=O) groups is 2. The van der Waals surface area contributed by atoms with E-state index in [0.717, 1.165) is 0 Å². The molecule has 6 nitrogen and oxygen atoms in total. The highest BCUT2D eigenvalue weighted by Gasteiger charge is 2.13. The van der Waals surface area contributed by atoms with E-state index in [0.29, 0.717) is 11.4 Å². The monoisotopic (exact) mass is 264 g/mol. The molecule has 0 bridgehead atoms. The minimum absolute atomic E-state index is 0.0942. The predicted molar refractivity (Wildman–Crippen MR) is 73.5 cm³/mol. The lowest BCUT2D eigenvalue weighted by atomic mass is 10.1. The summed E-state index contributed by atoms with van der Waals surface area (Å²) in [5.41, 5.74) is 5.59. The van der Waals surface area contributed by atoms with Crippen molar-refractivity contribution < 1.29 is 9.59 Å². The Kier molecular flexibility index (Phi) is 4.86. The van der Waals surface area contributed by atoms with E-state index in [1.165, 1.54) is 6.20 Å². The lowest BCUT2D eigenvalue weighted by Gasteiger charge is -2.20. The zero-order valence-corrected chi connectivity index (χ0v) is 11.5. The first-order chi connectivity index (χ1) is 8.78. The van der Waals surface area contributed by atoms with Crippen LogP contribution in [0.1, 0.15) is 37.6 Å². The number of rotatable bonds is 4. The molecule has 1 aromatic heterocycles. The number of hydrogen-bond acceptors (Lipinski definition) is 4. The topological polar surface area (TPSA) is 97.1 Å². The largest absolute Gasteiger partial charge is 0.384 e. The van der Waals surface area contributed by atoms with Crippen LogP contribution in [-0.4, -0.2) is 28.9 Å². The van der Waals surface area contributed by atoms with Crippen molar-refractivity contribution in [1.29, 1.82) is 0 Å². The van der Waals surface area contributed by atoms with Gasteiger partial charge in [-0.15, -0.1) is 0 Å². The molecular weight excluding hydrogens is 244 g/mol. The van der Waals surface area contributed by atoms with Crippen molar-refractivity contribution in [3.05, 3.63) is 23.9 Å². The average molecular weight is 264 g/mol. The Morgan fingerprint density at radius 2 is 2.00 bits per heavy atom. The molecule has 0 atom stereocenters. The molecule has 0 radical (unpaired) electrons. The number of pyridine rings is 1. The van der Waals surface area contributed by atoms with Crippen LogP contribution in [0.4, 0.5) is 5.82 Å². The minimum atomic E-state index is -0.268. The van der Waals surface area contributed by atoms with Crippen molar-refractivity contribution in [3.63, 3.8) is 0 Å². The van der Waals surface area contributed by atoms with Gasteiger partial charge in [-0.05, 0) is 32.9 Å². The quantitative estimate of drug-likeness (QED) is 0.745. The fraction of sp³-hybridized carbons (Fsp3) is 0.462. The van der Waals surface area contributed by atoms with Crippen LogP contribution in [0.25, 0.3) is 0 Å². The van der Waals surface area contributed by atoms with Crippen LogP contribution in [0, 0.1) is 0 Å². The van der Waals surface area contributed by atoms with Crippen LogP contribution in [0.3, 0.4) is 0 Å². The second-order valence-corrected chi connectivity index (χ2v) is 5.28. The lowest BCUT2D eigenvalue weighted by Crippen LogP contribution is -2.42. The van der Waals surface area contributed by atoms with Crippen LogP contribution >= 0.6 is 0 Å². The maximum absolute atomic E-state index is 11.7. The van der Waals surface area contributed by atoms with Crippen molar-refractivity contribution in [2.45, 2.75) is 32.7 Å². The average Bonchev–Trinajstić information content (AvgIpc) is 2.27. The molecule has 19 heavy (non-hydrogen) atoms. The molecule has 0 spiro atoms. The molecular formula is C13H20N4O2. The molecule has 104 valence electrons. The predicted octanol–water partition coefficient (Wildman–Crippen LogP) is 0.698. The highest BCUT2D eigenvalue weighted by Crippen LogP contribution is 2.01. The number of nitrogens with zero attached hydrogens (tertiary/aromatic N) is 1. The molecule has 0 aliphatic rings. The third kappa shape index (κ3) is 5.85. The molecule has 1 rings (SSSR count). The van der Waals surface area contributed by atoms with E-state index in [4.69, 9.17) is 5.73 Å². The third-order valence-electron chi connectivity index (χ3n) is 2.20. The van der Waals surface area contributed by atoms with Gasteiger partial charge in [0.1, 0.15) is 5.82 Å². The van der Waals surface area contributed by atoms with Gasteiger partial charge in [0.25, 0.3) is 5.91 Å². The number of hydrogen-bond donors (Lipinski definition) is 3. The molecule has 0 aromatic carbocycles. The van der Waals surface area contributed by atoms with Crippen LogP contribution in [0.15, 0.2) is 18.3 Å². The highest BCUT2D eigenvalue weighted by molar-refractivity contribution is 5.94. The first-order valence-corrected chi connectivity index (χ1v) is 6.09. The molecule has 6 heteroatoms. The smallest absolute Gasteiger partial charge is 0.252 e. The van der Waals surface area contributed by atoms with Crippen LogP contribution in [-0.2, 0) is 4.79 Å². The number of nitrogens with two attached hydrogens (primary N) is 1. The standard InChI is InChI=1S/C13H20N4O2/c1-13(2,3)17-11(18)6-7-15-12(19)9-4-5-10(14)16-8-9/h4-5,8H,6-7H2,1-3H3,(H2,14,16)(H,15,19)(H,17,18). The molecule has 1 heterocycles. The van der Waals surface area contributed by atoms with Gasteiger partial charge in [-0.2, -0.15) is 0 Å². The molecule has 2 amide bonds. The van der Waals surface area contributed by atoms with Gasteiger partial charge in [0, 0.05) is 24.7 Å². The summed E-state index contributed by atoms with van der Waals surface area (Å²) in [7, 11) is 0. The molecule has 0 unspecified atom stereocenters. The van der Waals surface area contributed by atoms with E-state index in [1.54, 1.807) is 12.1 Å². The summed E-state index contributed by atoms with van der Waals surface area (Å²) in [6.07, 6.45) is 1.64. The number of aromatic nitrogens is 1. The summed E-state index contributed by atoms with van der Waals surface area (Å²) < 4.78 is 0. The summed E-state index contributed by atoms with van der Waals surface area (Å²) >= 11 is 0. The van der Waals surface area contributed by atoms with E-state index >= 15 is 0 Å². The Labute approximate surface area is 112 Å². The fourth-order valence-electron chi connectivity index (χ4n) is 1.41. The number of carbonyl (C=O) groups excluding carboxylic acids is 2. The second-order valence-electron chi connectivity index (χ2n) is 5.28.